The fraction of sp³-hybridized carbons (Fsp3) is 0.0789. The van der Waals surface area contributed by atoms with E-state index in [4.69, 9.17) is 4.74 Å². The smallest absolute Gasteiger partial charge is 0.275 e. The molecule has 5 aromatic rings. The molecule has 1 unspecified atom stereocenters. The largest absolute Gasteiger partial charge is 0.497 e. The Labute approximate surface area is 286 Å². The van der Waals surface area contributed by atoms with Gasteiger partial charge in [0.2, 0.25) is 5.91 Å². The van der Waals surface area contributed by atoms with Gasteiger partial charge in [0.25, 0.3) is 5.91 Å². The van der Waals surface area contributed by atoms with Crippen molar-refractivity contribution in [2.45, 2.75) is 5.50 Å². The number of amidine groups is 1. The van der Waals surface area contributed by atoms with Crippen molar-refractivity contribution in [3.8, 4) is 16.9 Å². The fourth-order valence-corrected chi connectivity index (χ4v) is 8.15. The van der Waals surface area contributed by atoms with E-state index >= 15 is 0 Å². The second kappa shape index (κ2) is 12.6. The standard InChI is InChI=1S/C38H29N5O3S2/c1-46-30-19-17-27(18-20-30)35-34(36(45)39-40-37-42(33(44)24-47-37)29-15-9-4-10-16-29)31-21-28(25-11-5-2-6-12-25)22-41(31)38-43(35)32(23-48-38)26-13-7-3-8-14-26/h2-23,38H,24H2,1H3,(H,39,45)/b40-37-. The van der Waals surface area contributed by atoms with Crippen LogP contribution in [0.4, 0.5) is 5.69 Å². The Morgan fingerprint density at radius 2 is 1.50 bits per heavy atom. The van der Waals surface area contributed by atoms with Gasteiger partial charge in [-0.2, -0.15) is 0 Å². The Balaban J connectivity index is 1.30. The third-order valence-corrected chi connectivity index (χ3v) is 10.4. The zero-order valence-electron chi connectivity index (χ0n) is 25.8. The number of methoxy groups -OCH3 is 1. The number of nitrogens with zero attached hydrogens (tertiary/aromatic N) is 4. The molecule has 0 saturated carbocycles. The monoisotopic (exact) mass is 667 g/mol. The molecule has 0 aliphatic carbocycles. The zero-order chi connectivity index (χ0) is 32.6. The summed E-state index contributed by atoms with van der Waals surface area (Å²) in [5.41, 5.74) is 10.3. The maximum atomic E-state index is 14.6. The van der Waals surface area contributed by atoms with Crippen LogP contribution in [0.5, 0.6) is 5.75 Å². The minimum Gasteiger partial charge on any atom is -0.497 e. The molecule has 4 aromatic carbocycles. The van der Waals surface area contributed by atoms with Crippen LogP contribution in [0, 0.1) is 0 Å². The quantitative estimate of drug-likeness (QED) is 0.179. The second-order valence-electron chi connectivity index (χ2n) is 11.2. The number of thioether (sulfide) groups is 2. The van der Waals surface area contributed by atoms with E-state index in [1.165, 1.54) is 11.8 Å². The number of hydrogen-bond acceptors (Lipinski definition) is 7. The van der Waals surface area contributed by atoms with E-state index in [0.717, 1.165) is 45.1 Å². The summed E-state index contributed by atoms with van der Waals surface area (Å²) >= 11 is 2.99. The van der Waals surface area contributed by atoms with Crippen LogP contribution in [0.15, 0.2) is 138 Å². The summed E-state index contributed by atoms with van der Waals surface area (Å²) in [5, 5.41) is 7.13. The molecule has 1 saturated heterocycles. The van der Waals surface area contributed by atoms with Crippen molar-refractivity contribution in [3.05, 3.63) is 150 Å². The highest BCUT2D eigenvalue weighted by atomic mass is 32.2. The zero-order valence-corrected chi connectivity index (χ0v) is 27.4. The SMILES string of the molecule is COc1ccc(C2=C(C(=O)N/N=C3\SCC(=O)N3c3ccccc3)c3cc(-c4ccccc4)cn3C3SC=C(c4ccccc4)N23)cc1. The van der Waals surface area contributed by atoms with Crippen LogP contribution in [-0.4, -0.2) is 39.3 Å². The Morgan fingerprint density at radius 3 is 2.19 bits per heavy atom. The number of amides is 2. The molecule has 3 aliphatic rings. The maximum Gasteiger partial charge on any atom is 0.275 e. The predicted octanol–water partition coefficient (Wildman–Crippen LogP) is 7.72. The first-order valence-corrected chi connectivity index (χ1v) is 17.3. The topological polar surface area (TPSA) is 79.2 Å². The van der Waals surface area contributed by atoms with Crippen LogP contribution < -0.4 is 15.1 Å². The van der Waals surface area contributed by atoms with Crippen molar-refractivity contribution in [1.82, 2.24) is 14.9 Å². The van der Waals surface area contributed by atoms with Crippen LogP contribution in [-0.2, 0) is 9.59 Å². The number of benzene rings is 4. The Kier molecular flexibility index (Phi) is 7.87. The molecule has 4 heterocycles. The van der Waals surface area contributed by atoms with Gasteiger partial charge in [0.1, 0.15) is 5.75 Å². The summed E-state index contributed by atoms with van der Waals surface area (Å²) in [6, 6.07) is 39.6. The Hall–Kier alpha value is -5.45. The highest BCUT2D eigenvalue weighted by Crippen LogP contribution is 2.54. The van der Waals surface area contributed by atoms with Gasteiger partial charge >= 0.3 is 0 Å². The lowest BCUT2D eigenvalue weighted by Crippen LogP contribution is -2.35. The van der Waals surface area contributed by atoms with Crippen molar-refractivity contribution in [2.24, 2.45) is 5.10 Å². The number of carbonyl (C=O) groups is 2. The first kappa shape index (κ1) is 29.9. The van der Waals surface area contributed by atoms with Gasteiger partial charge in [-0.25, -0.2) is 5.43 Å². The van der Waals surface area contributed by atoms with Gasteiger partial charge in [0.05, 0.1) is 41.2 Å². The van der Waals surface area contributed by atoms with Crippen molar-refractivity contribution in [2.75, 3.05) is 17.8 Å². The molecule has 1 aromatic heterocycles. The average Bonchev–Trinajstić information content (AvgIpc) is 3.88. The molecule has 8 nitrogen and oxygen atoms in total. The number of hydrazone groups is 1. The van der Waals surface area contributed by atoms with Crippen molar-refractivity contribution >= 4 is 63.2 Å². The van der Waals surface area contributed by atoms with Crippen LogP contribution in [0.25, 0.3) is 28.1 Å². The number of rotatable bonds is 7. The number of ether oxygens (including phenoxy) is 1. The highest BCUT2D eigenvalue weighted by Gasteiger charge is 2.42. The summed E-state index contributed by atoms with van der Waals surface area (Å²) in [6.07, 6.45) is 2.11. The summed E-state index contributed by atoms with van der Waals surface area (Å²) in [5.74, 6) is 0.483. The number of aromatic nitrogens is 1. The number of nitrogens with one attached hydrogen (secondary N) is 1. The van der Waals surface area contributed by atoms with Gasteiger partial charge in [-0.1, -0.05) is 102 Å². The van der Waals surface area contributed by atoms with Crippen LogP contribution in [0.2, 0.25) is 0 Å². The molecular formula is C38H29N5O3S2. The van der Waals surface area contributed by atoms with Gasteiger partial charge in [0, 0.05) is 11.8 Å². The molecule has 3 aliphatic heterocycles. The molecule has 48 heavy (non-hydrogen) atoms. The number of para-hydroxylation sites is 1. The molecule has 0 bridgehead atoms. The molecule has 1 atom stereocenters. The van der Waals surface area contributed by atoms with Crippen LogP contribution in [0.1, 0.15) is 22.3 Å². The molecule has 0 spiro atoms. The first-order valence-electron chi connectivity index (χ1n) is 15.4. The summed E-state index contributed by atoms with van der Waals surface area (Å²) in [4.78, 5) is 31.3. The van der Waals surface area contributed by atoms with Gasteiger partial charge in [0.15, 0.2) is 10.7 Å². The number of fused-ring (bicyclic) bond motifs is 3. The summed E-state index contributed by atoms with van der Waals surface area (Å²) < 4.78 is 7.65. The van der Waals surface area contributed by atoms with E-state index < -0.39 is 0 Å². The minimum atomic E-state index is -0.386. The van der Waals surface area contributed by atoms with Crippen LogP contribution in [0.3, 0.4) is 0 Å². The Morgan fingerprint density at radius 1 is 0.833 bits per heavy atom. The molecule has 10 heteroatoms. The first-order chi connectivity index (χ1) is 23.6. The van der Waals surface area contributed by atoms with Gasteiger partial charge in [-0.05, 0) is 64.6 Å². The van der Waals surface area contributed by atoms with E-state index in [1.807, 2.05) is 91.0 Å². The highest BCUT2D eigenvalue weighted by molar-refractivity contribution is 8.15. The lowest BCUT2D eigenvalue weighted by Gasteiger charge is -2.38. The van der Waals surface area contributed by atoms with E-state index in [-0.39, 0.29) is 23.1 Å². The molecule has 1 N–H and O–H groups in total. The van der Waals surface area contributed by atoms with Crippen LogP contribution >= 0.6 is 23.5 Å². The van der Waals surface area contributed by atoms with E-state index in [2.05, 4.69) is 61.9 Å². The van der Waals surface area contributed by atoms with Gasteiger partial charge in [-0.15, -0.1) is 5.10 Å². The molecule has 8 rings (SSSR count). The normalized spacial score (nSPS) is 17.8. The third-order valence-electron chi connectivity index (χ3n) is 8.40. The Bertz CT molecular complexity index is 2110. The summed E-state index contributed by atoms with van der Waals surface area (Å²) in [7, 11) is 1.64. The van der Waals surface area contributed by atoms with E-state index in [9.17, 15) is 9.59 Å². The maximum absolute atomic E-state index is 14.6. The van der Waals surface area contributed by atoms with Gasteiger partial charge in [-0.3, -0.25) is 14.5 Å². The minimum absolute atomic E-state index is 0.0917. The van der Waals surface area contributed by atoms with Gasteiger partial charge < -0.3 is 14.2 Å². The lowest BCUT2D eigenvalue weighted by molar-refractivity contribution is -0.116. The molecular weight excluding hydrogens is 639 g/mol. The second-order valence-corrected chi connectivity index (χ2v) is 13.1. The summed E-state index contributed by atoms with van der Waals surface area (Å²) in [6.45, 7) is 0. The van der Waals surface area contributed by atoms with Crippen molar-refractivity contribution in [3.63, 3.8) is 0 Å². The van der Waals surface area contributed by atoms with Crippen molar-refractivity contribution < 1.29 is 14.3 Å². The third kappa shape index (κ3) is 5.29. The average molecular weight is 668 g/mol. The van der Waals surface area contributed by atoms with E-state index in [0.29, 0.717) is 16.4 Å². The molecule has 0 radical (unpaired) electrons. The molecule has 236 valence electrons. The molecule has 2 amide bonds. The lowest BCUT2D eigenvalue weighted by atomic mass is 9.98. The number of carbonyl (C=O) groups excluding carboxylic acids is 2. The predicted molar refractivity (Wildman–Crippen MR) is 195 cm³/mol. The number of hydrogen-bond donors (Lipinski definition) is 1. The molecule has 1 fully saturated rings. The fourth-order valence-electron chi connectivity index (χ4n) is 6.18. The number of anilines is 1. The van der Waals surface area contributed by atoms with E-state index in [1.54, 1.807) is 23.8 Å². The van der Waals surface area contributed by atoms with Crippen molar-refractivity contribution in [1.29, 1.82) is 0 Å².